The van der Waals surface area contributed by atoms with E-state index in [2.05, 4.69) is 32.2 Å². The molecule has 3 aromatic rings. The summed E-state index contributed by atoms with van der Waals surface area (Å²) in [5.41, 5.74) is 2.66. The Bertz CT molecular complexity index is 726. The zero-order valence-electron chi connectivity index (χ0n) is 11.2. The molecule has 0 amide bonds. The highest BCUT2D eigenvalue weighted by atomic mass is 15.0. The molecule has 2 aromatic heterocycles. The first-order valence-electron chi connectivity index (χ1n) is 6.65. The Morgan fingerprint density at radius 3 is 2.65 bits per heavy atom. The van der Waals surface area contributed by atoms with E-state index in [4.69, 9.17) is 0 Å². The van der Waals surface area contributed by atoms with E-state index in [-0.39, 0.29) is 0 Å². The van der Waals surface area contributed by atoms with Gasteiger partial charge in [0, 0.05) is 30.7 Å². The first kappa shape index (κ1) is 12.5. The van der Waals surface area contributed by atoms with Gasteiger partial charge in [0.1, 0.15) is 5.82 Å². The lowest BCUT2D eigenvalue weighted by atomic mass is 10.2. The standard InChI is InChI=1S/C15H15N5/c1-2-6-18-14-5-7-19-15(20-14)11-3-4-12-13(10-11)17-9-8-16-12/h3-5,7-10H,2,6H2,1H3,(H,18,19,20). The molecule has 0 aliphatic carbocycles. The van der Waals surface area contributed by atoms with Gasteiger partial charge in [0.25, 0.3) is 0 Å². The molecule has 0 fully saturated rings. The Morgan fingerprint density at radius 1 is 0.950 bits per heavy atom. The quantitative estimate of drug-likeness (QED) is 0.785. The van der Waals surface area contributed by atoms with Crippen LogP contribution in [0, 0.1) is 0 Å². The number of rotatable bonds is 4. The van der Waals surface area contributed by atoms with Crippen LogP contribution < -0.4 is 5.32 Å². The molecule has 0 atom stereocenters. The van der Waals surface area contributed by atoms with Crippen LogP contribution in [0.1, 0.15) is 13.3 Å². The molecule has 2 heterocycles. The summed E-state index contributed by atoms with van der Waals surface area (Å²) in [7, 11) is 0. The average molecular weight is 265 g/mol. The second-order valence-electron chi connectivity index (χ2n) is 4.45. The van der Waals surface area contributed by atoms with Gasteiger partial charge in [-0.15, -0.1) is 0 Å². The molecule has 1 aromatic carbocycles. The maximum Gasteiger partial charge on any atom is 0.161 e. The van der Waals surface area contributed by atoms with Crippen molar-refractivity contribution in [1.82, 2.24) is 19.9 Å². The molecule has 20 heavy (non-hydrogen) atoms. The molecule has 0 radical (unpaired) electrons. The smallest absolute Gasteiger partial charge is 0.161 e. The minimum atomic E-state index is 0.693. The summed E-state index contributed by atoms with van der Waals surface area (Å²) in [6, 6.07) is 7.74. The first-order chi connectivity index (χ1) is 9.86. The molecule has 3 rings (SSSR count). The van der Waals surface area contributed by atoms with Gasteiger partial charge in [-0.05, 0) is 30.7 Å². The van der Waals surface area contributed by atoms with Crippen molar-refractivity contribution in [3.8, 4) is 11.4 Å². The van der Waals surface area contributed by atoms with Crippen LogP contribution >= 0.6 is 0 Å². The van der Waals surface area contributed by atoms with E-state index < -0.39 is 0 Å². The van der Waals surface area contributed by atoms with Crippen LogP contribution in [0.15, 0.2) is 42.9 Å². The van der Waals surface area contributed by atoms with E-state index in [1.165, 1.54) is 0 Å². The SMILES string of the molecule is CCCNc1ccnc(-c2ccc3nccnc3c2)n1. The van der Waals surface area contributed by atoms with E-state index in [1.54, 1.807) is 18.6 Å². The molecular weight excluding hydrogens is 250 g/mol. The number of benzene rings is 1. The fourth-order valence-electron chi connectivity index (χ4n) is 1.95. The van der Waals surface area contributed by atoms with Gasteiger partial charge in [0.05, 0.1) is 11.0 Å². The Balaban J connectivity index is 1.97. The second kappa shape index (κ2) is 5.61. The van der Waals surface area contributed by atoms with E-state index in [0.717, 1.165) is 35.4 Å². The maximum absolute atomic E-state index is 4.52. The molecule has 0 saturated heterocycles. The first-order valence-corrected chi connectivity index (χ1v) is 6.65. The molecule has 1 N–H and O–H groups in total. The van der Waals surface area contributed by atoms with Crippen molar-refractivity contribution in [3.05, 3.63) is 42.9 Å². The molecule has 0 aliphatic rings. The zero-order valence-corrected chi connectivity index (χ0v) is 11.2. The number of nitrogens with zero attached hydrogens (tertiary/aromatic N) is 4. The summed E-state index contributed by atoms with van der Waals surface area (Å²) < 4.78 is 0. The van der Waals surface area contributed by atoms with Crippen LogP contribution in [0.2, 0.25) is 0 Å². The summed E-state index contributed by atoms with van der Waals surface area (Å²) in [5.74, 6) is 1.54. The van der Waals surface area contributed by atoms with Gasteiger partial charge in [-0.25, -0.2) is 9.97 Å². The number of nitrogens with one attached hydrogen (secondary N) is 1. The Labute approximate surface area is 117 Å². The van der Waals surface area contributed by atoms with Gasteiger partial charge >= 0.3 is 0 Å². The number of hydrogen-bond donors (Lipinski definition) is 1. The van der Waals surface area contributed by atoms with Crippen molar-refractivity contribution in [2.24, 2.45) is 0 Å². The Hall–Kier alpha value is -2.56. The summed E-state index contributed by atoms with van der Waals surface area (Å²) in [6.45, 7) is 3.02. The third-order valence-electron chi connectivity index (χ3n) is 2.94. The third-order valence-corrected chi connectivity index (χ3v) is 2.94. The number of aromatic nitrogens is 4. The van der Waals surface area contributed by atoms with Crippen molar-refractivity contribution in [2.75, 3.05) is 11.9 Å². The van der Waals surface area contributed by atoms with Crippen molar-refractivity contribution >= 4 is 16.9 Å². The van der Waals surface area contributed by atoms with Gasteiger partial charge in [-0.2, -0.15) is 0 Å². The predicted molar refractivity (Wildman–Crippen MR) is 79.3 cm³/mol. The van der Waals surface area contributed by atoms with Crippen LogP contribution in [-0.2, 0) is 0 Å². The summed E-state index contributed by atoms with van der Waals surface area (Å²) >= 11 is 0. The van der Waals surface area contributed by atoms with Gasteiger partial charge in [0.2, 0.25) is 0 Å². The molecule has 0 saturated carbocycles. The number of anilines is 1. The largest absolute Gasteiger partial charge is 0.370 e. The summed E-state index contributed by atoms with van der Waals surface area (Å²) in [5, 5.41) is 3.26. The average Bonchev–Trinajstić information content (AvgIpc) is 2.53. The molecule has 0 aliphatic heterocycles. The zero-order chi connectivity index (χ0) is 13.8. The highest BCUT2D eigenvalue weighted by molar-refractivity contribution is 5.79. The Morgan fingerprint density at radius 2 is 1.80 bits per heavy atom. The maximum atomic E-state index is 4.52. The van der Waals surface area contributed by atoms with Crippen LogP contribution in [0.5, 0.6) is 0 Å². The van der Waals surface area contributed by atoms with E-state index in [1.807, 2.05) is 24.3 Å². The molecule has 5 nitrogen and oxygen atoms in total. The molecule has 0 unspecified atom stereocenters. The monoisotopic (exact) mass is 265 g/mol. The second-order valence-corrected chi connectivity index (χ2v) is 4.45. The fraction of sp³-hybridized carbons (Fsp3) is 0.200. The van der Waals surface area contributed by atoms with E-state index in [9.17, 15) is 0 Å². The van der Waals surface area contributed by atoms with Gasteiger partial charge in [-0.1, -0.05) is 6.92 Å². The predicted octanol–water partition coefficient (Wildman–Crippen LogP) is 2.91. The lowest BCUT2D eigenvalue weighted by Crippen LogP contribution is -2.03. The third kappa shape index (κ3) is 2.56. The molecular formula is C15H15N5. The van der Waals surface area contributed by atoms with Crippen LogP contribution in [-0.4, -0.2) is 26.5 Å². The van der Waals surface area contributed by atoms with E-state index >= 15 is 0 Å². The molecule has 100 valence electrons. The number of fused-ring (bicyclic) bond motifs is 1. The lowest BCUT2D eigenvalue weighted by molar-refractivity contribution is 0.966. The highest BCUT2D eigenvalue weighted by Gasteiger charge is 2.04. The minimum Gasteiger partial charge on any atom is -0.370 e. The minimum absolute atomic E-state index is 0.693. The van der Waals surface area contributed by atoms with Gasteiger partial charge < -0.3 is 5.32 Å². The highest BCUT2D eigenvalue weighted by Crippen LogP contribution is 2.20. The number of hydrogen-bond acceptors (Lipinski definition) is 5. The molecule has 5 heteroatoms. The van der Waals surface area contributed by atoms with Gasteiger partial charge in [-0.3, -0.25) is 9.97 Å². The normalized spacial score (nSPS) is 10.7. The van der Waals surface area contributed by atoms with Crippen LogP contribution in [0.3, 0.4) is 0 Å². The lowest BCUT2D eigenvalue weighted by Gasteiger charge is -2.06. The fourth-order valence-corrected chi connectivity index (χ4v) is 1.95. The molecule has 0 bridgehead atoms. The van der Waals surface area contributed by atoms with Crippen molar-refractivity contribution in [1.29, 1.82) is 0 Å². The summed E-state index contributed by atoms with van der Waals surface area (Å²) in [4.78, 5) is 17.4. The van der Waals surface area contributed by atoms with Crippen molar-refractivity contribution < 1.29 is 0 Å². The van der Waals surface area contributed by atoms with Crippen molar-refractivity contribution in [3.63, 3.8) is 0 Å². The van der Waals surface area contributed by atoms with E-state index in [0.29, 0.717) is 5.82 Å². The summed E-state index contributed by atoms with van der Waals surface area (Å²) in [6.07, 6.45) is 6.20. The van der Waals surface area contributed by atoms with Gasteiger partial charge in [0.15, 0.2) is 5.82 Å². The van der Waals surface area contributed by atoms with Crippen molar-refractivity contribution in [2.45, 2.75) is 13.3 Å². The van der Waals surface area contributed by atoms with Crippen LogP contribution in [0.4, 0.5) is 5.82 Å². The Kier molecular flexibility index (Phi) is 3.50. The molecule has 0 spiro atoms. The van der Waals surface area contributed by atoms with Crippen LogP contribution in [0.25, 0.3) is 22.4 Å². The topological polar surface area (TPSA) is 63.6 Å².